The average Bonchev–Trinajstić information content (AvgIpc) is 2.87. The lowest BCUT2D eigenvalue weighted by molar-refractivity contribution is -0.143. The van der Waals surface area contributed by atoms with Gasteiger partial charge in [-0.25, -0.2) is 0 Å². The van der Waals surface area contributed by atoms with Gasteiger partial charge < -0.3 is 10.6 Å². The molecule has 4 bridgehead atoms. The third-order valence-electron chi connectivity index (χ3n) is 6.74. The van der Waals surface area contributed by atoms with Crippen LogP contribution in [0, 0.1) is 23.2 Å². The largest absolute Gasteiger partial charge is 0.399 e. The summed E-state index contributed by atoms with van der Waals surface area (Å²) in [4.78, 5) is 15.5. The molecule has 3 heteroatoms. The first-order chi connectivity index (χ1) is 10.6. The zero-order chi connectivity index (χ0) is 14.9. The maximum absolute atomic E-state index is 13.5. The third kappa shape index (κ3) is 1.71. The van der Waals surface area contributed by atoms with E-state index in [9.17, 15) is 4.79 Å². The number of nitrogens with zero attached hydrogens (tertiary/aromatic N) is 1. The summed E-state index contributed by atoms with van der Waals surface area (Å²) < 4.78 is 0. The van der Waals surface area contributed by atoms with Gasteiger partial charge in [0.15, 0.2) is 0 Å². The van der Waals surface area contributed by atoms with E-state index in [-0.39, 0.29) is 5.41 Å². The van der Waals surface area contributed by atoms with Crippen molar-refractivity contribution in [2.24, 2.45) is 23.2 Å². The molecule has 22 heavy (non-hydrogen) atoms. The van der Waals surface area contributed by atoms with Crippen LogP contribution < -0.4 is 10.6 Å². The Morgan fingerprint density at radius 2 is 1.73 bits per heavy atom. The van der Waals surface area contributed by atoms with Crippen LogP contribution in [0.4, 0.5) is 11.4 Å². The van der Waals surface area contributed by atoms with Crippen molar-refractivity contribution >= 4 is 17.3 Å². The van der Waals surface area contributed by atoms with Crippen molar-refractivity contribution in [1.82, 2.24) is 0 Å². The molecule has 0 radical (unpaired) electrons. The number of rotatable bonds is 1. The van der Waals surface area contributed by atoms with Crippen LogP contribution in [-0.2, 0) is 11.2 Å². The minimum Gasteiger partial charge on any atom is -0.399 e. The second-order valence-electron chi connectivity index (χ2n) is 8.29. The maximum Gasteiger partial charge on any atom is 0.233 e. The van der Waals surface area contributed by atoms with E-state index >= 15 is 0 Å². The molecule has 1 amide bonds. The number of benzene rings is 1. The molecule has 1 aromatic rings. The lowest BCUT2D eigenvalue weighted by atomic mass is 9.49. The Hall–Kier alpha value is -1.51. The molecule has 4 saturated carbocycles. The SMILES string of the molecule is Nc1ccc2c(c1)N(C(=O)C13CC4CC(CC(C4)C1)C3)CC2. The Kier molecular flexibility index (Phi) is 2.52. The number of nitrogens with two attached hydrogens (primary N) is 1. The predicted octanol–water partition coefficient (Wildman–Crippen LogP) is 3.37. The molecular formula is C19H24N2O. The summed E-state index contributed by atoms with van der Waals surface area (Å²) in [5.41, 5.74) is 9.06. The van der Waals surface area contributed by atoms with Gasteiger partial charge in [-0.05, 0) is 80.4 Å². The second-order valence-corrected chi connectivity index (χ2v) is 8.29. The van der Waals surface area contributed by atoms with Gasteiger partial charge >= 0.3 is 0 Å². The first-order valence-electron chi connectivity index (χ1n) is 8.83. The second kappa shape index (κ2) is 4.27. The van der Waals surface area contributed by atoms with Crippen LogP contribution in [0.15, 0.2) is 18.2 Å². The van der Waals surface area contributed by atoms with E-state index in [4.69, 9.17) is 5.73 Å². The van der Waals surface area contributed by atoms with Crippen molar-refractivity contribution in [3.05, 3.63) is 23.8 Å². The number of amides is 1. The topological polar surface area (TPSA) is 46.3 Å². The minimum atomic E-state index is -0.0407. The summed E-state index contributed by atoms with van der Waals surface area (Å²) in [6, 6.07) is 6.05. The summed E-state index contributed by atoms with van der Waals surface area (Å²) in [5, 5.41) is 0. The smallest absolute Gasteiger partial charge is 0.233 e. The Morgan fingerprint density at radius 3 is 2.36 bits per heavy atom. The summed E-state index contributed by atoms with van der Waals surface area (Å²) in [6.07, 6.45) is 8.57. The molecule has 0 spiro atoms. The van der Waals surface area contributed by atoms with Crippen molar-refractivity contribution < 1.29 is 4.79 Å². The summed E-state index contributed by atoms with van der Waals surface area (Å²) >= 11 is 0. The molecule has 1 aliphatic heterocycles. The van der Waals surface area contributed by atoms with Gasteiger partial charge in [0.2, 0.25) is 5.91 Å². The van der Waals surface area contributed by atoms with Gasteiger partial charge in [0.05, 0.1) is 5.41 Å². The van der Waals surface area contributed by atoms with Crippen molar-refractivity contribution in [2.75, 3.05) is 17.2 Å². The number of hydrogen-bond donors (Lipinski definition) is 1. The molecule has 0 unspecified atom stereocenters. The zero-order valence-corrected chi connectivity index (χ0v) is 13.1. The van der Waals surface area contributed by atoms with E-state index in [0.717, 1.165) is 61.4 Å². The van der Waals surface area contributed by atoms with Gasteiger partial charge in [0.1, 0.15) is 0 Å². The molecule has 1 heterocycles. The van der Waals surface area contributed by atoms with Gasteiger partial charge in [-0.1, -0.05) is 6.07 Å². The Morgan fingerprint density at radius 1 is 1.09 bits per heavy atom. The van der Waals surface area contributed by atoms with E-state index in [2.05, 4.69) is 11.0 Å². The molecule has 4 fully saturated rings. The van der Waals surface area contributed by atoms with E-state index in [1.807, 2.05) is 12.1 Å². The van der Waals surface area contributed by atoms with Gasteiger partial charge in [-0.3, -0.25) is 4.79 Å². The molecule has 5 aliphatic rings. The lowest BCUT2D eigenvalue weighted by Gasteiger charge is -2.56. The number of hydrogen-bond acceptors (Lipinski definition) is 2. The monoisotopic (exact) mass is 296 g/mol. The number of nitrogen functional groups attached to an aromatic ring is 1. The number of anilines is 2. The fourth-order valence-corrected chi connectivity index (χ4v) is 6.27. The van der Waals surface area contributed by atoms with E-state index in [1.165, 1.54) is 24.8 Å². The molecule has 0 aromatic heterocycles. The van der Waals surface area contributed by atoms with Crippen molar-refractivity contribution in [2.45, 2.75) is 44.9 Å². The average molecular weight is 296 g/mol. The third-order valence-corrected chi connectivity index (χ3v) is 6.74. The molecule has 6 rings (SSSR count). The molecule has 3 nitrogen and oxygen atoms in total. The summed E-state index contributed by atoms with van der Waals surface area (Å²) in [6.45, 7) is 0.847. The predicted molar refractivity (Wildman–Crippen MR) is 87.5 cm³/mol. The van der Waals surface area contributed by atoms with Gasteiger partial charge in [0, 0.05) is 17.9 Å². The van der Waals surface area contributed by atoms with Crippen LogP contribution in [0.3, 0.4) is 0 Å². The molecule has 116 valence electrons. The zero-order valence-electron chi connectivity index (χ0n) is 13.1. The van der Waals surface area contributed by atoms with Gasteiger partial charge in [-0.15, -0.1) is 0 Å². The quantitative estimate of drug-likeness (QED) is 0.808. The first-order valence-corrected chi connectivity index (χ1v) is 8.83. The van der Waals surface area contributed by atoms with Crippen LogP contribution in [0.1, 0.15) is 44.1 Å². The van der Waals surface area contributed by atoms with Gasteiger partial charge in [-0.2, -0.15) is 0 Å². The van der Waals surface area contributed by atoms with Crippen LogP contribution in [0.2, 0.25) is 0 Å². The molecule has 2 N–H and O–H groups in total. The van der Waals surface area contributed by atoms with Crippen LogP contribution >= 0.6 is 0 Å². The summed E-state index contributed by atoms with van der Waals surface area (Å²) in [7, 11) is 0. The highest BCUT2D eigenvalue weighted by Gasteiger charge is 2.56. The van der Waals surface area contributed by atoms with Crippen molar-refractivity contribution in [3.8, 4) is 0 Å². The number of carbonyl (C=O) groups is 1. The van der Waals surface area contributed by atoms with Crippen LogP contribution in [-0.4, -0.2) is 12.5 Å². The fourth-order valence-electron chi connectivity index (χ4n) is 6.27. The number of carbonyl (C=O) groups excluding carboxylic acids is 1. The normalized spacial score (nSPS) is 38.4. The van der Waals surface area contributed by atoms with Crippen LogP contribution in [0.25, 0.3) is 0 Å². The molecule has 0 saturated heterocycles. The highest BCUT2D eigenvalue weighted by atomic mass is 16.2. The van der Waals surface area contributed by atoms with E-state index in [1.54, 1.807) is 0 Å². The standard InChI is InChI=1S/C19H24N2O/c20-16-2-1-15-3-4-21(17(15)8-16)18(22)19-9-12-5-13(10-19)7-14(6-12)11-19/h1-2,8,12-14H,3-7,9-11,20H2. The number of fused-ring (bicyclic) bond motifs is 1. The molecule has 0 atom stereocenters. The molecule has 1 aromatic carbocycles. The molecule has 4 aliphatic carbocycles. The molecular weight excluding hydrogens is 272 g/mol. The van der Waals surface area contributed by atoms with E-state index in [0.29, 0.717) is 5.91 Å². The highest BCUT2D eigenvalue weighted by molar-refractivity contribution is 6.00. The lowest BCUT2D eigenvalue weighted by Crippen LogP contribution is -2.54. The maximum atomic E-state index is 13.5. The first kappa shape index (κ1) is 13.0. The van der Waals surface area contributed by atoms with Crippen molar-refractivity contribution in [1.29, 1.82) is 0 Å². The minimum absolute atomic E-state index is 0.0407. The highest BCUT2D eigenvalue weighted by Crippen LogP contribution is 2.61. The Labute approximate surface area is 131 Å². The van der Waals surface area contributed by atoms with Crippen molar-refractivity contribution in [3.63, 3.8) is 0 Å². The van der Waals surface area contributed by atoms with Gasteiger partial charge in [0.25, 0.3) is 0 Å². The van der Waals surface area contributed by atoms with E-state index < -0.39 is 0 Å². The Balaban J connectivity index is 1.50. The van der Waals surface area contributed by atoms with Crippen LogP contribution in [0.5, 0.6) is 0 Å². The fraction of sp³-hybridized carbons (Fsp3) is 0.632. The Bertz CT molecular complexity index is 616. The summed E-state index contributed by atoms with van der Waals surface area (Å²) in [5.74, 6) is 2.87.